The Labute approximate surface area is 257 Å². The first-order valence-corrected chi connectivity index (χ1v) is 18.4. The fraction of sp³-hybridized carbons (Fsp3) is 0.367. The molecule has 9 rings (SSSR count). The molecule has 228 valence electrons. The van der Waals surface area contributed by atoms with Gasteiger partial charge in [-0.2, -0.15) is 0 Å². The SMILES string of the molecule is Cc1cccc(F)c1S(=O)(=O)Nc1cccc(-c2nc(C34CC(C3)C4)sc2-c2ccnc(N[C@H]3[C@@H]4CS(=O)(=O)C[C@@H]43)n2)c1F. The van der Waals surface area contributed by atoms with Crippen LogP contribution in [0.2, 0.25) is 0 Å². The lowest BCUT2D eigenvalue weighted by atomic mass is 9.45. The second-order valence-electron chi connectivity index (χ2n) is 12.5. The van der Waals surface area contributed by atoms with Crippen LogP contribution in [0.25, 0.3) is 21.8 Å². The number of aryl methyl sites for hydroxylation is 1. The highest BCUT2D eigenvalue weighted by molar-refractivity contribution is 7.92. The second-order valence-corrected chi connectivity index (χ2v) is 17.2. The summed E-state index contributed by atoms with van der Waals surface area (Å²) >= 11 is 1.45. The molecule has 2 aromatic carbocycles. The van der Waals surface area contributed by atoms with Crippen molar-refractivity contribution in [3.63, 3.8) is 0 Å². The van der Waals surface area contributed by atoms with Crippen molar-refractivity contribution in [2.75, 3.05) is 21.5 Å². The second kappa shape index (κ2) is 9.51. The molecular formula is C30H27F2N5O4S3. The summed E-state index contributed by atoms with van der Waals surface area (Å²) in [5.41, 5.74) is 0.813. The Morgan fingerprint density at radius 1 is 1.00 bits per heavy atom. The molecule has 3 heterocycles. The number of hydrogen-bond acceptors (Lipinski definition) is 9. The molecule has 0 radical (unpaired) electrons. The lowest BCUT2D eigenvalue weighted by Crippen LogP contribution is -2.55. The normalized spacial score (nSPS) is 27.6. The van der Waals surface area contributed by atoms with Gasteiger partial charge >= 0.3 is 0 Å². The van der Waals surface area contributed by atoms with Gasteiger partial charge in [0.25, 0.3) is 10.0 Å². The number of rotatable bonds is 8. The smallest absolute Gasteiger partial charge is 0.265 e. The molecular weight excluding hydrogens is 629 g/mol. The largest absolute Gasteiger partial charge is 0.351 e. The molecule has 0 unspecified atom stereocenters. The first-order chi connectivity index (χ1) is 20.9. The maximum Gasteiger partial charge on any atom is 0.265 e. The van der Waals surface area contributed by atoms with Gasteiger partial charge in [-0.15, -0.1) is 11.3 Å². The van der Waals surface area contributed by atoms with Crippen LogP contribution in [0.3, 0.4) is 0 Å². The van der Waals surface area contributed by atoms with Gasteiger partial charge in [-0.05, 0) is 73.8 Å². The number of anilines is 2. The number of halogens is 2. The third-order valence-corrected chi connectivity index (χ3v) is 14.1. The van der Waals surface area contributed by atoms with Crippen molar-refractivity contribution in [1.29, 1.82) is 0 Å². The molecule has 14 heteroatoms. The van der Waals surface area contributed by atoms with E-state index in [0.717, 1.165) is 30.3 Å². The van der Waals surface area contributed by atoms with Gasteiger partial charge < -0.3 is 5.32 Å². The molecule has 0 amide bonds. The zero-order valence-electron chi connectivity index (χ0n) is 23.4. The molecule has 1 aliphatic heterocycles. The number of hydrogen-bond donors (Lipinski definition) is 2. The molecule has 2 aromatic heterocycles. The predicted molar refractivity (Wildman–Crippen MR) is 163 cm³/mol. The zero-order chi connectivity index (χ0) is 30.6. The van der Waals surface area contributed by atoms with E-state index in [2.05, 4.69) is 15.0 Å². The number of sulfone groups is 1. The monoisotopic (exact) mass is 655 g/mol. The van der Waals surface area contributed by atoms with Gasteiger partial charge in [0, 0.05) is 23.2 Å². The molecule has 5 fully saturated rings. The van der Waals surface area contributed by atoms with Crippen molar-refractivity contribution in [2.24, 2.45) is 17.8 Å². The fourth-order valence-electron chi connectivity index (χ4n) is 7.06. The third kappa shape index (κ3) is 4.44. The summed E-state index contributed by atoms with van der Waals surface area (Å²) in [6, 6.07) is 10.0. The number of fused-ring (bicyclic) bond motifs is 1. The van der Waals surface area contributed by atoms with Crippen molar-refractivity contribution in [2.45, 2.75) is 42.5 Å². The maximum absolute atomic E-state index is 16.2. The van der Waals surface area contributed by atoms with Gasteiger partial charge in [-0.25, -0.2) is 40.6 Å². The van der Waals surface area contributed by atoms with E-state index in [0.29, 0.717) is 28.1 Å². The van der Waals surface area contributed by atoms with Crippen LogP contribution in [-0.2, 0) is 25.3 Å². The van der Waals surface area contributed by atoms with E-state index < -0.39 is 36.4 Å². The maximum atomic E-state index is 16.2. The zero-order valence-corrected chi connectivity index (χ0v) is 25.9. The minimum Gasteiger partial charge on any atom is -0.351 e. The fourth-order valence-corrected chi connectivity index (χ4v) is 11.9. The number of benzene rings is 2. The van der Waals surface area contributed by atoms with Crippen LogP contribution < -0.4 is 10.0 Å². The summed E-state index contributed by atoms with van der Waals surface area (Å²) in [6.45, 7) is 1.47. The number of thiazole rings is 1. The van der Waals surface area contributed by atoms with E-state index in [1.165, 1.54) is 48.6 Å². The average molecular weight is 656 g/mol. The van der Waals surface area contributed by atoms with Crippen molar-refractivity contribution >= 4 is 42.8 Å². The summed E-state index contributed by atoms with van der Waals surface area (Å²) in [7, 11) is -7.43. The van der Waals surface area contributed by atoms with Crippen molar-refractivity contribution in [1.82, 2.24) is 15.0 Å². The van der Waals surface area contributed by atoms with E-state index in [9.17, 15) is 21.2 Å². The van der Waals surface area contributed by atoms with E-state index >= 15 is 4.39 Å². The molecule has 1 saturated heterocycles. The first-order valence-electron chi connectivity index (χ1n) is 14.3. The van der Waals surface area contributed by atoms with E-state index in [-0.39, 0.29) is 51.6 Å². The molecule has 9 nitrogen and oxygen atoms in total. The number of nitrogens with zero attached hydrogens (tertiary/aromatic N) is 3. The van der Waals surface area contributed by atoms with Crippen molar-refractivity contribution in [3.8, 4) is 21.8 Å². The van der Waals surface area contributed by atoms with E-state index in [1.54, 1.807) is 12.3 Å². The molecule has 5 aliphatic rings. The van der Waals surface area contributed by atoms with Crippen LogP contribution in [0.5, 0.6) is 0 Å². The molecule has 4 aliphatic carbocycles. The Morgan fingerprint density at radius 2 is 1.73 bits per heavy atom. The van der Waals surface area contributed by atoms with Gasteiger partial charge in [0.15, 0.2) is 15.7 Å². The van der Waals surface area contributed by atoms with Gasteiger partial charge in [0.2, 0.25) is 5.95 Å². The minimum absolute atomic E-state index is 0.00807. The Bertz CT molecular complexity index is 2030. The van der Waals surface area contributed by atoms with Crippen LogP contribution >= 0.6 is 11.3 Å². The lowest BCUT2D eigenvalue weighted by Gasteiger charge is -2.60. The Hall–Kier alpha value is -3.49. The summed E-state index contributed by atoms with van der Waals surface area (Å²) in [4.78, 5) is 14.1. The van der Waals surface area contributed by atoms with Gasteiger partial charge in [-0.1, -0.05) is 18.2 Å². The minimum atomic E-state index is -4.44. The number of aromatic nitrogens is 3. The Morgan fingerprint density at radius 3 is 2.41 bits per heavy atom. The van der Waals surface area contributed by atoms with Crippen LogP contribution in [0.1, 0.15) is 29.8 Å². The average Bonchev–Trinajstić information content (AvgIpc) is 3.21. The van der Waals surface area contributed by atoms with Crippen LogP contribution in [0.15, 0.2) is 53.6 Å². The highest BCUT2D eigenvalue weighted by Crippen LogP contribution is 2.66. The predicted octanol–water partition coefficient (Wildman–Crippen LogP) is 5.16. The topological polar surface area (TPSA) is 131 Å². The summed E-state index contributed by atoms with van der Waals surface area (Å²) in [5, 5.41) is 4.18. The molecule has 4 saturated carbocycles. The summed E-state index contributed by atoms with van der Waals surface area (Å²) in [5.74, 6) is -0.283. The van der Waals surface area contributed by atoms with Crippen LogP contribution in [0.4, 0.5) is 20.4 Å². The quantitative estimate of drug-likeness (QED) is 0.266. The van der Waals surface area contributed by atoms with Crippen LogP contribution in [-0.4, -0.2) is 49.3 Å². The summed E-state index contributed by atoms with van der Waals surface area (Å²) < 4.78 is 83.1. The van der Waals surface area contributed by atoms with Crippen molar-refractivity contribution < 1.29 is 25.6 Å². The highest BCUT2D eigenvalue weighted by Gasteiger charge is 2.60. The molecule has 0 spiro atoms. The highest BCUT2D eigenvalue weighted by atomic mass is 32.2. The van der Waals surface area contributed by atoms with Gasteiger partial charge in [0.05, 0.1) is 33.5 Å². The molecule has 2 N–H and O–H groups in total. The van der Waals surface area contributed by atoms with E-state index in [4.69, 9.17) is 9.97 Å². The summed E-state index contributed by atoms with van der Waals surface area (Å²) in [6.07, 6.45) is 4.70. The number of nitrogens with one attached hydrogen (secondary N) is 2. The molecule has 3 atom stereocenters. The molecule has 2 bridgehead atoms. The number of sulfonamides is 1. The lowest BCUT2D eigenvalue weighted by molar-refractivity contribution is -0.0274. The van der Waals surface area contributed by atoms with Crippen LogP contribution in [0, 0.1) is 36.3 Å². The Kier molecular flexibility index (Phi) is 6.05. The Balaban J connectivity index is 1.16. The first kappa shape index (κ1) is 28.0. The van der Waals surface area contributed by atoms with Crippen molar-refractivity contribution in [3.05, 3.63) is 70.9 Å². The van der Waals surface area contributed by atoms with Gasteiger partial charge in [0.1, 0.15) is 15.7 Å². The molecule has 44 heavy (non-hydrogen) atoms. The third-order valence-electron chi connectivity index (χ3n) is 9.46. The molecule has 4 aromatic rings. The van der Waals surface area contributed by atoms with E-state index in [1.807, 2.05) is 0 Å². The standard InChI is InChI=1S/C30H27F2N5O4S3/c1-15-4-2-6-20(31)27(15)44(40,41)37-21-7-3-5-17(23(21)32)25-26(42-28(35-25)30-10-16(11-30)12-30)22-8-9-33-29(34-22)36-24-18-13-43(38,39)14-19(18)24/h2-9,16,18-19,24,37H,10-14H2,1H3,(H,33,34,36)/t16?,18-,19+,24+,30?. The van der Waals surface area contributed by atoms with Gasteiger partial charge in [-0.3, -0.25) is 4.72 Å².